The van der Waals surface area contributed by atoms with Crippen LogP contribution in [0.25, 0.3) is 12.2 Å². The maximum atomic E-state index is 13.2. The number of nitro benzene ring substituents is 2. The molecule has 0 saturated heterocycles. The molecular formula is C31H22N4O7. The number of nitro groups is 2. The van der Waals surface area contributed by atoms with Crippen molar-refractivity contribution in [3.8, 4) is 0 Å². The molecule has 0 saturated carbocycles. The number of hydrogen-bond donors (Lipinski definition) is 2. The number of allylic oxidation sites excluding steroid dienone is 1. The van der Waals surface area contributed by atoms with E-state index >= 15 is 0 Å². The predicted octanol–water partition coefficient (Wildman–Crippen LogP) is 5.81. The van der Waals surface area contributed by atoms with Crippen LogP contribution < -0.4 is 10.6 Å². The molecular weight excluding hydrogens is 540 g/mol. The number of anilines is 1. The van der Waals surface area contributed by atoms with Crippen LogP contribution in [0.2, 0.25) is 0 Å². The molecule has 4 aromatic rings. The summed E-state index contributed by atoms with van der Waals surface area (Å²) in [7, 11) is 0. The average molecular weight is 563 g/mol. The van der Waals surface area contributed by atoms with E-state index < -0.39 is 21.7 Å². The minimum Gasteiger partial charge on any atom is -0.321 e. The van der Waals surface area contributed by atoms with E-state index in [0.717, 1.165) is 0 Å². The van der Waals surface area contributed by atoms with Crippen molar-refractivity contribution in [1.29, 1.82) is 0 Å². The van der Waals surface area contributed by atoms with Gasteiger partial charge in [-0.3, -0.25) is 34.6 Å². The molecule has 0 aliphatic heterocycles. The van der Waals surface area contributed by atoms with Gasteiger partial charge in [-0.15, -0.1) is 0 Å². The Morgan fingerprint density at radius 3 is 1.98 bits per heavy atom. The second-order valence-electron chi connectivity index (χ2n) is 8.77. The maximum absolute atomic E-state index is 13.2. The fourth-order valence-corrected chi connectivity index (χ4v) is 3.77. The Hall–Kier alpha value is -6.23. The highest BCUT2D eigenvalue weighted by atomic mass is 16.6. The number of benzene rings is 4. The maximum Gasteiger partial charge on any atom is 0.276 e. The van der Waals surface area contributed by atoms with Crippen LogP contribution in [0.3, 0.4) is 0 Å². The first-order valence-electron chi connectivity index (χ1n) is 12.4. The van der Waals surface area contributed by atoms with Crippen LogP contribution >= 0.6 is 0 Å². The lowest BCUT2D eigenvalue weighted by Gasteiger charge is -2.12. The Morgan fingerprint density at radius 2 is 1.33 bits per heavy atom. The van der Waals surface area contributed by atoms with Crippen LogP contribution in [0.15, 0.2) is 115 Å². The molecule has 0 fully saturated rings. The third kappa shape index (κ3) is 7.45. The summed E-state index contributed by atoms with van der Waals surface area (Å²) in [4.78, 5) is 59.8. The van der Waals surface area contributed by atoms with Crippen LogP contribution in [-0.4, -0.2) is 27.4 Å². The summed E-state index contributed by atoms with van der Waals surface area (Å²) >= 11 is 0. The molecule has 0 radical (unpaired) electrons. The lowest BCUT2D eigenvalue weighted by Crippen LogP contribution is -2.30. The molecule has 0 atom stereocenters. The van der Waals surface area contributed by atoms with Crippen molar-refractivity contribution in [2.75, 3.05) is 5.32 Å². The molecule has 0 heterocycles. The van der Waals surface area contributed by atoms with Gasteiger partial charge in [-0.25, -0.2) is 0 Å². The average Bonchev–Trinajstić information content (AvgIpc) is 3.00. The highest BCUT2D eigenvalue weighted by molar-refractivity contribution is 6.11. The minimum absolute atomic E-state index is 0.0595. The largest absolute Gasteiger partial charge is 0.321 e. The van der Waals surface area contributed by atoms with Crippen LogP contribution in [-0.2, 0) is 4.79 Å². The SMILES string of the molecule is O=C(Nc1ccc(C(=O)/C=C/c2ccc([N+](=O)[O-])cc2)cc1)/C(=C/c1ccccc1[N+](=O)[O-])NC(=O)c1ccccc1. The molecule has 0 aromatic heterocycles. The molecule has 0 bridgehead atoms. The first kappa shape index (κ1) is 28.8. The fourth-order valence-electron chi connectivity index (χ4n) is 3.77. The lowest BCUT2D eigenvalue weighted by molar-refractivity contribution is -0.385. The van der Waals surface area contributed by atoms with Crippen LogP contribution in [0.4, 0.5) is 17.1 Å². The summed E-state index contributed by atoms with van der Waals surface area (Å²) < 4.78 is 0. The van der Waals surface area contributed by atoms with Gasteiger partial charge in [0.05, 0.1) is 15.4 Å². The molecule has 0 aliphatic rings. The van der Waals surface area contributed by atoms with Crippen molar-refractivity contribution in [2.45, 2.75) is 0 Å². The van der Waals surface area contributed by atoms with E-state index in [1.807, 2.05) is 0 Å². The minimum atomic E-state index is -0.741. The first-order chi connectivity index (χ1) is 20.2. The molecule has 2 N–H and O–H groups in total. The number of carbonyl (C=O) groups is 3. The number of para-hydroxylation sites is 1. The zero-order valence-corrected chi connectivity index (χ0v) is 21.8. The van der Waals surface area contributed by atoms with E-state index in [1.165, 1.54) is 85.0 Å². The van der Waals surface area contributed by atoms with E-state index in [-0.39, 0.29) is 34.0 Å². The van der Waals surface area contributed by atoms with Crippen molar-refractivity contribution in [2.24, 2.45) is 0 Å². The number of amides is 2. The Labute approximate surface area is 239 Å². The molecule has 0 aliphatic carbocycles. The monoisotopic (exact) mass is 562 g/mol. The van der Waals surface area contributed by atoms with Gasteiger partial charge >= 0.3 is 0 Å². The summed E-state index contributed by atoms with van der Waals surface area (Å²) in [6, 6.07) is 25.6. The number of hydrogen-bond acceptors (Lipinski definition) is 7. The van der Waals surface area contributed by atoms with Gasteiger partial charge in [-0.2, -0.15) is 0 Å². The molecule has 2 amide bonds. The van der Waals surface area contributed by atoms with E-state index in [1.54, 1.807) is 36.4 Å². The highest BCUT2D eigenvalue weighted by Gasteiger charge is 2.18. The molecule has 4 aromatic carbocycles. The van der Waals surface area contributed by atoms with Gasteiger partial charge < -0.3 is 10.6 Å². The summed E-state index contributed by atoms with van der Waals surface area (Å²) in [5, 5.41) is 27.4. The summed E-state index contributed by atoms with van der Waals surface area (Å²) in [6.45, 7) is 0. The zero-order chi connectivity index (χ0) is 30.1. The molecule has 0 unspecified atom stereocenters. The molecule has 0 spiro atoms. The van der Waals surface area contributed by atoms with E-state index in [2.05, 4.69) is 10.6 Å². The Morgan fingerprint density at radius 1 is 0.690 bits per heavy atom. The molecule has 11 heteroatoms. The molecule has 208 valence electrons. The van der Waals surface area contributed by atoms with Gasteiger partial charge in [-0.1, -0.05) is 36.4 Å². The Kier molecular flexibility index (Phi) is 9.05. The number of non-ortho nitro benzene ring substituents is 1. The predicted molar refractivity (Wildman–Crippen MR) is 157 cm³/mol. The number of nitrogens with zero attached hydrogens (tertiary/aromatic N) is 2. The standard InChI is InChI=1S/C31H22N4O7/c36-29(19-12-21-10-17-26(18-11-21)34(39)40)22-13-15-25(16-14-22)32-31(38)27(33-30(37)23-6-2-1-3-7-23)20-24-8-4-5-9-28(24)35(41)42/h1-20H,(H,32,38)(H,33,37)/b19-12+,27-20-. The van der Waals surface area contributed by atoms with Crippen LogP contribution in [0, 0.1) is 20.2 Å². The number of carbonyl (C=O) groups excluding carboxylic acids is 3. The van der Waals surface area contributed by atoms with E-state index in [9.17, 15) is 34.6 Å². The van der Waals surface area contributed by atoms with Gasteiger partial charge in [-0.05, 0) is 72.3 Å². The van der Waals surface area contributed by atoms with Crippen LogP contribution in [0.1, 0.15) is 31.8 Å². The van der Waals surface area contributed by atoms with E-state index in [0.29, 0.717) is 16.8 Å². The lowest BCUT2D eigenvalue weighted by atomic mass is 10.1. The normalized spacial score (nSPS) is 11.1. The topological polar surface area (TPSA) is 162 Å². The second-order valence-corrected chi connectivity index (χ2v) is 8.77. The third-order valence-corrected chi connectivity index (χ3v) is 5.92. The van der Waals surface area contributed by atoms with Crippen molar-refractivity contribution < 1.29 is 24.2 Å². The summed E-state index contributed by atoms with van der Waals surface area (Å²) in [5.41, 5.74) is 1.08. The van der Waals surface area contributed by atoms with Gasteiger partial charge in [0.15, 0.2) is 5.78 Å². The fraction of sp³-hybridized carbons (Fsp3) is 0. The Bertz CT molecular complexity index is 1710. The van der Waals surface area contributed by atoms with Crippen molar-refractivity contribution in [3.05, 3.63) is 157 Å². The number of nitrogens with one attached hydrogen (secondary N) is 2. The van der Waals surface area contributed by atoms with Crippen molar-refractivity contribution in [3.63, 3.8) is 0 Å². The molecule has 11 nitrogen and oxygen atoms in total. The van der Waals surface area contributed by atoms with Gasteiger partial charge in [0.25, 0.3) is 23.2 Å². The smallest absolute Gasteiger partial charge is 0.276 e. The summed E-state index contributed by atoms with van der Waals surface area (Å²) in [6.07, 6.45) is 4.06. The number of ketones is 1. The Balaban J connectivity index is 1.51. The number of rotatable bonds is 10. The van der Waals surface area contributed by atoms with Gasteiger partial charge in [0, 0.05) is 35.0 Å². The molecule has 4 rings (SSSR count). The van der Waals surface area contributed by atoms with E-state index in [4.69, 9.17) is 0 Å². The summed E-state index contributed by atoms with van der Waals surface area (Å²) in [5.74, 6) is -1.66. The molecule has 42 heavy (non-hydrogen) atoms. The quantitative estimate of drug-likeness (QED) is 0.107. The van der Waals surface area contributed by atoms with Crippen molar-refractivity contribution >= 4 is 46.8 Å². The zero-order valence-electron chi connectivity index (χ0n) is 21.8. The highest BCUT2D eigenvalue weighted by Crippen LogP contribution is 2.21. The van der Waals surface area contributed by atoms with Gasteiger partial charge in [0.1, 0.15) is 5.70 Å². The van der Waals surface area contributed by atoms with Crippen molar-refractivity contribution in [1.82, 2.24) is 5.32 Å². The third-order valence-electron chi connectivity index (χ3n) is 5.92. The van der Waals surface area contributed by atoms with Gasteiger partial charge in [0.2, 0.25) is 0 Å². The first-order valence-corrected chi connectivity index (χ1v) is 12.4. The second kappa shape index (κ2) is 13.2. The van der Waals surface area contributed by atoms with Crippen LogP contribution in [0.5, 0.6) is 0 Å².